The Labute approximate surface area is 405 Å². The Morgan fingerprint density at radius 1 is 0.275 bits per heavy atom. The molecule has 69 heavy (non-hydrogen) atoms. The standard InChI is InChI=1S/C66H48N2Si/c1-6-21-51(22-7-1)60-31-16-17-32-61(60)52-39-45-55(46-40-52)67(64-35-20-36-65-66(64)62-33-18-19-34-63(62)68(65)53-23-8-2-9-24-53)54-43-37-49(38-44-54)50-41-47-59(48-42-50)69(56-25-10-3-11-26-56,57-27-12-4-13-28-57)58-29-14-5-15-30-58/h1-48H. The van der Waals surface area contributed by atoms with E-state index in [0.717, 1.165) is 28.3 Å². The molecule has 12 rings (SSSR count). The Kier molecular flexibility index (Phi) is 11.0. The molecule has 0 atom stereocenters. The third-order valence-electron chi connectivity index (χ3n) is 13.8. The first-order valence-electron chi connectivity index (χ1n) is 23.8. The van der Waals surface area contributed by atoms with Crippen LogP contribution in [-0.4, -0.2) is 12.6 Å². The van der Waals surface area contributed by atoms with E-state index in [0.29, 0.717) is 0 Å². The van der Waals surface area contributed by atoms with Gasteiger partial charge in [-0.3, -0.25) is 0 Å². The second kappa shape index (κ2) is 18.1. The molecule has 0 saturated heterocycles. The zero-order chi connectivity index (χ0) is 46.0. The normalized spacial score (nSPS) is 11.5. The SMILES string of the molecule is c1ccc(-c2ccccc2-c2ccc(N(c3ccc(-c4ccc([Si](c5ccccc5)(c5ccccc5)c5ccccc5)cc4)cc3)c3cccc4c3c3ccccc3n4-c3ccccc3)cc2)cc1. The smallest absolute Gasteiger partial charge is 0.179 e. The number of hydrogen-bond donors (Lipinski definition) is 0. The Morgan fingerprint density at radius 3 is 1.20 bits per heavy atom. The predicted octanol–water partition coefficient (Wildman–Crippen LogP) is 14.6. The Balaban J connectivity index is 0.982. The van der Waals surface area contributed by atoms with Crippen molar-refractivity contribution in [2.75, 3.05) is 4.90 Å². The van der Waals surface area contributed by atoms with Crippen molar-refractivity contribution in [3.63, 3.8) is 0 Å². The van der Waals surface area contributed by atoms with Gasteiger partial charge in [0, 0.05) is 27.8 Å². The highest BCUT2D eigenvalue weighted by Crippen LogP contribution is 2.45. The fourth-order valence-electron chi connectivity index (χ4n) is 10.6. The van der Waals surface area contributed by atoms with E-state index < -0.39 is 8.07 Å². The summed E-state index contributed by atoms with van der Waals surface area (Å²) < 4.78 is 2.40. The zero-order valence-corrected chi connectivity index (χ0v) is 39.1. The molecule has 0 aliphatic carbocycles. The number of nitrogens with zero attached hydrogens (tertiary/aromatic N) is 2. The molecule has 0 aliphatic heterocycles. The Hall–Kier alpha value is -8.76. The molecule has 0 saturated carbocycles. The van der Waals surface area contributed by atoms with E-state index in [9.17, 15) is 0 Å². The van der Waals surface area contributed by atoms with Gasteiger partial charge in [0.25, 0.3) is 0 Å². The van der Waals surface area contributed by atoms with E-state index in [1.54, 1.807) is 0 Å². The van der Waals surface area contributed by atoms with Crippen LogP contribution in [0.4, 0.5) is 17.1 Å². The first kappa shape index (κ1) is 41.7. The number of aromatic nitrogens is 1. The van der Waals surface area contributed by atoms with Crippen LogP contribution in [0.3, 0.4) is 0 Å². The molecule has 0 unspecified atom stereocenters. The molecule has 0 spiro atoms. The van der Waals surface area contributed by atoms with E-state index in [4.69, 9.17) is 0 Å². The molecule has 0 radical (unpaired) electrons. The van der Waals surface area contributed by atoms with Gasteiger partial charge in [-0.1, -0.05) is 237 Å². The monoisotopic (exact) mass is 896 g/mol. The van der Waals surface area contributed by atoms with Gasteiger partial charge in [0.2, 0.25) is 0 Å². The maximum absolute atomic E-state index is 2.64. The number of benzene rings is 11. The highest BCUT2D eigenvalue weighted by Gasteiger charge is 2.41. The van der Waals surface area contributed by atoms with Gasteiger partial charge in [-0.15, -0.1) is 0 Å². The topological polar surface area (TPSA) is 8.17 Å². The molecule has 1 heterocycles. The molecule has 0 N–H and O–H groups in total. The average Bonchev–Trinajstić information content (AvgIpc) is 3.78. The number of para-hydroxylation sites is 2. The van der Waals surface area contributed by atoms with Crippen LogP contribution in [0.5, 0.6) is 0 Å². The summed E-state index contributed by atoms with van der Waals surface area (Å²) in [4.78, 5) is 2.43. The van der Waals surface area contributed by atoms with Gasteiger partial charge in [-0.25, -0.2) is 0 Å². The summed E-state index contributed by atoms with van der Waals surface area (Å²) in [6.07, 6.45) is 0. The fraction of sp³-hybridized carbons (Fsp3) is 0. The van der Waals surface area contributed by atoms with E-state index >= 15 is 0 Å². The number of hydrogen-bond acceptors (Lipinski definition) is 1. The predicted molar refractivity (Wildman–Crippen MR) is 295 cm³/mol. The van der Waals surface area contributed by atoms with Crippen LogP contribution in [0.15, 0.2) is 291 Å². The van der Waals surface area contributed by atoms with Gasteiger partial charge >= 0.3 is 0 Å². The third kappa shape index (κ3) is 7.46. The average molecular weight is 897 g/mol. The van der Waals surface area contributed by atoms with Crippen LogP contribution in [0.1, 0.15) is 0 Å². The summed E-state index contributed by atoms with van der Waals surface area (Å²) in [5.41, 5.74) is 13.9. The van der Waals surface area contributed by atoms with Crippen LogP contribution < -0.4 is 25.6 Å². The van der Waals surface area contributed by atoms with Crippen molar-refractivity contribution in [2.24, 2.45) is 0 Å². The minimum atomic E-state index is -2.64. The Bertz CT molecular complexity index is 3570. The molecule has 3 heteroatoms. The second-order valence-electron chi connectivity index (χ2n) is 17.6. The van der Waals surface area contributed by atoms with E-state index in [-0.39, 0.29) is 0 Å². The van der Waals surface area contributed by atoms with Gasteiger partial charge < -0.3 is 9.47 Å². The summed E-state index contributed by atoms with van der Waals surface area (Å²) in [6, 6.07) is 107. The molecule has 0 aliphatic rings. The lowest BCUT2D eigenvalue weighted by Gasteiger charge is -2.34. The van der Waals surface area contributed by atoms with Crippen molar-refractivity contribution >= 4 is 67.7 Å². The second-order valence-corrected chi connectivity index (χ2v) is 21.4. The fourth-order valence-corrected chi connectivity index (χ4v) is 15.4. The molecular weight excluding hydrogens is 849 g/mol. The maximum atomic E-state index is 2.43. The molecule has 2 nitrogen and oxygen atoms in total. The van der Waals surface area contributed by atoms with Crippen molar-refractivity contribution in [1.82, 2.24) is 4.57 Å². The van der Waals surface area contributed by atoms with Gasteiger partial charge in [-0.2, -0.15) is 0 Å². The summed E-state index contributed by atoms with van der Waals surface area (Å²) >= 11 is 0. The van der Waals surface area contributed by atoms with Crippen LogP contribution in [0.2, 0.25) is 0 Å². The minimum Gasteiger partial charge on any atom is -0.310 e. The molecule has 0 fully saturated rings. The van der Waals surface area contributed by atoms with Gasteiger partial charge in [0.05, 0.1) is 16.7 Å². The zero-order valence-electron chi connectivity index (χ0n) is 38.1. The van der Waals surface area contributed by atoms with Crippen molar-refractivity contribution in [3.8, 4) is 39.1 Å². The molecule has 12 aromatic rings. The summed E-state index contributed by atoms with van der Waals surface area (Å²) in [5.74, 6) is 0. The van der Waals surface area contributed by atoms with Crippen LogP contribution in [-0.2, 0) is 0 Å². The number of rotatable bonds is 11. The van der Waals surface area contributed by atoms with E-state index in [1.807, 2.05) is 0 Å². The largest absolute Gasteiger partial charge is 0.310 e. The number of fused-ring (bicyclic) bond motifs is 3. The summed E-state index contributed by atoms with van der Waals surface area (Å²) in [6.45, 7) is 0. The quantitative estimate of drug-likeness (QED) is 0.0928. The highest BCUT2D eigenvalue weighted by atomic mass is 28.3. The molecule has 0 amide bonds. The van der Waals surface area contributed by atoms with Crippen LogP contribution in [0.25, 0.3) is 60.9 Å². The van der Waals surface area contributed by atoms with Crippen LogP contribution in [0, 0.1) is 0 Å². The van der Waals surface area contributed by atoms with Crippen molar-refractivity contribution in [1.29, 1.82) is 0 Å². The van der Waals surface area contributed by atoms with E-state index in [2.05, 4.69) is 301 Å². The van der Waals surface area contributed by atoms with E-state index in [1.165, 1.54) is 70.4 Å². The molecule has 326 valence electrons. The molecular formula is C66H48N2Si. The van der Waals surface area contributed by atoms with Crippen molar-refractivity contribution in [3.05, 3.63) is 291 Å². The lowest BCUT2D eigenvalue weighted by molar-refractivity contribution is 1.18. The Morgan fingerprint density at radius 2 is 0.667 bits per heavy atom. The molecule has 11 aromatic carbocycles. The summed E-state index contributed by atoms with van der Waals surface area (Å²) in [5, 5.41) is 7.89. The molecule has 0 bridgehead atoms. The third-order valence-corrected chi connectivity index (χ3v) is 18.6. The van der Waals surface area contributed by atoms with Gasteiger partial charge in [-0.05, 0) is 109 Å². The lowest BCUT2D eigenvalue weighted by Crippen LogP contribution is -2.74. The van der Waals surface area contributed by atoms with Gasteiger partial charge in [0.15, 0.2) is 8.07 Å². The lowest BCUT2D eigenvalue weighted by atomic mass is 9.94. The van der Waals surface area contributed by atoms with Crippen molar-refractivity contribution in [2.45, 2.75) is 0 Å². The maximum Gasteiger partial charge on any atom is 0.179 e. The van der Waals surface area contributed by atoms with Gasteiger partial charge in [0.1, 0.15) is 0 Å². The summed E-state index contributed by atoms with van der Waals surface area (Å²) in [7, 11) is -2.64. The highest BCUT2D eigenvalue weighted by molar-refractivity contribution is 7.19. The van der Waals surface area contributed by atoms with Crippen molar-refractivity contribution < 1.29 is 0 Å². The van der Waals surface area contributed by atoms with Crippen LogP contribution >= 0.6 is 0 Å². The minimum absolute atomic E-state index is 1.08. The molecule has 1 aromatic heterocycles. The number of anilines is 3. The first-order chi connectivity index (χ1) is 34.3. The first-order valence-corrected chi connectivity index (χ1v) is 25.8.